The van der Waals surface area contributed by atoms with Crippen LogP contribution in [0.2, 0.25) is 10.0 Å². The molecular weight excluding hydrogens is 309 g/mol. The Morgan fingerprint density at radius 1 is 1.00 bits per heavy atom. The van der Waals surface area contributed by atoms with Gasteiger partial charge in [-0.05, 0) is 19.1 Å². The Morgan fingerprint density at radius 3 is 2.43 bits per heavy atom. The van der Waals surface area contributed by atoms with Crippen LogP contribution in [0.25, 0.3) is 10.8 Å². The van der Waals surface area contributed by atoms with Crippen LogP contribution in [0.4, 0.5) is 5.69 Å². The van der Waals surface area contributed by atoms with E-state index >= 15 is 0 Å². The van der Waals surface area contributed by atoms with Crippen molar-refractivity contribution in [2.24, 2.45) is 0 Å². The van der Waals surface area contributed by atoms with Gasteiger partial charge in [0.15, 0.2) is 5.75 Å². The molecule has 0 aliphatic rings. The van der Waals surface area contributed by atoms with Gasteiger partial charge in [-0.3, -0.25) is 0 Å². The van der Waals surface area contributed by atoms with E-state index in [0.717, 1.165) is 16.5 Å². The number of aryl methyl sites for hydroxylation is 1. The lowest BCUT2D eigenvalue weighted by atomic mass is 10.1. The summed E-state index contributed by atoms with van der Waals surface area (Å²) in [6.45, 7) is 1.90. The Bertz CT molecular complexity index is 837. The van der Waals surface area contributed by atoms with Gasteiger partial charge in [0.05, 0.1) is 21.4 Å². The SMILES string of the molecule is Cc1nnc(Oc2cc(Cl)c(Cl)cc2N)c2ccccc12. The number of ether oxygens (including phenoxy) is 1. The van der Waals surface area contributed by atoms with Gasteiger partial charge in [0.1, 0.15) is 0 Å². The lowest BCUT2D eigenvalue weighted by Gasteiger charge is -2.11. The maximum atomic E-state index is 5.99. The van der Waals surface area contributed by atoms with Gasteiger partial charge in [0.2, 0.25) is 5.88 Å². The first kappa shape index (κ1) is 13.9. The van der Waals surface area contributed by atoms with Gasteiger partial charge in [-0.2, -0.15) is 5.10 Å². The Balaban J connectivity index is 2.11. The van der Waals surface area contributed by atoms with Crippen LogP contribution < -0.4 is 10.5 Å². The molecule has 0 aliphatic heterocycles. The number of nitrogens with zero attached hydrogens (tertiary/aromatic N) is 2. The highest BCUT2D eigenvalue weighted by molar-refractivity contribution is 6.42. The topological polar surface area (TPSA) is 61.0 Å². The van der Waals surface area contributed by atoms with Crippen molar-refractivity contribution < 1.29 is 4.74 Å². The molecule has 0 radical (unpaired) electrons. The van der Waals surface area contributed by atoms with Gasteiger partial charge in [0.25, 0.3) is 0 Å². The quantitative estimate of drug-likeness (QED) is 0.700. The molecule has 0 amide bonds. The Morgan fingerprint density at radius 2 is 1.67 bits per heavy atom. The van der Waals surface area contributed by atoms with Crippen molar-refractivity contribution in [3.63, 3.8) is 0 Å². The number of halogens is 2. The number of hydrogen-bond acceptors (Lipinski definition) is 4. The zero-order chi connectivity index (χ0) is 15.0. The highest BCUT2D eigenvalue weighted by atomic mass is 35.5. The molecule has 0 bridgehead atoms. The van der Waals surface area contributed by atoms with Gasteiger partial charge in [-0.25, -0.2) is 0 Å². The third-order valence-corrected chi connectivity index (χ3v) is 3.82. The van der Waals surface area contributed by atoms with Gasteiger partial charge < -0.3 is 10.5 Å². The predicted octanol–water partition coefficient (Wildman–Crippen LogP) is 4.62. The maximum Gasteiger partial charge on any atom is 0.246 e. The fourth-order valence-electron chi connectivity index (χ4n) is 2.03. The number of aromatic nitrogens is 2. The zero-order valence-corrected chi connectivity index (χ0v) is 12.6. The molecular formula is C15H11Cl2N3O. The molecule has 0 fully saturated rings. The zero-order valence-electron chi connectivity index (χ0n) is 11.1. The molecule has 3 rings (SSSR count). The lowest BCUT2D eigenvalue weighted by molar-refractivity contribution is 0.463. The number of benzene rings is 2. The summed E-state index contributed by atoms with van der Waals surface area (Å²) in [6.07, 6.45) is 0. The summed E-state index contributed by atoms with van der Waals surface area (Å²) in [4.78, 5) is 0. The van der Waals surface area contributed by atoms with E-state index in [4.69, 9.17) is 33.7 Å². The van der Waals surface area contributed by atoms with E-state index in [0.29, 0.717) is 27.4 Å². The molecule has 3 aromatic rings. The van der Waals surface area contributed by atoms with Crippen molar-refractivity contribution in [1.29, 1.82) is 0 Å². The Labute approximate surface area is 131 Å². The van der Waals surface area contributed by atoms with E-state index in [9.17, 15) is 0 Å². The molecule has 0 atom stereocenters. The first-order valence-corrected chi connectivity index (χ1v) is 6.96. The van der Waals surface area contributed by atoms with Crippen LogP contribution in [0.3, 0.4) is 0 Å². The van der Waals surface area contributed by atoms with E-state index < -0.39 is 0 Å². The van der Waals surface area contributed by atoms with Crippen molar-refractivity contribution in [3.05, 3.63) is 52.1 Å². The molecule has 0 unspecified atom stereocenters. The first-order valence-electron chi connectivity index (χ1n) is 6.20. The molecule has 2 aromatic carbocycles. The van der Waals surface area contributed by atoms with Crippen molar-refractivity contribution in [2.75, 3.05) is 5.73 Å². The number of nitrogen functional groups attached to an aromatic ring is 1. The van der Waals surface area contributed by atoms with E-state index in [-0.39, 0.29) is 0 Å². The van der Waals surface area contributed by atoms with Crippen LogP contribution in [-0.4, -0.2) is 10.2 Å². The molecule has 21 heavy (non-hydrogen) atoms. The van der Waals surface area contributed by atoms with Gasteiger partial charge in [0, 0.05) is 16.8 Å². The molecule has 4 nitrogen and oxygen atoms in total. The van der Waals surface area contributed by atoms with Crippen LogP contribution in [0.1, 0.15) is 5.69 Å². The molecule has 0 saturated heterocycles. The molecule has 6 heteroatoms. The number of rotatable bonds is 2. The number of hydrogen-bond donors (Lipinski definition) is 1. The van der Waals surface area contributed by atoms with Crippen LogP contribution >= 0.6 is 23.2 Å². The van der Waals surface area contributed by atoms with E-state index in [2.05, 4.69) is 10.2 Å². The Kier molecular flexibility index (Phi) is 3.57. The van der Waals surface area contributed by atoms with E-state index in [1.165, 1.54) is 0 Å². The van der Waals surface area contributed by atoms with Crippen LogP contribution in [0.5, 0.6) is 11.6 Å². The van der Waals surface area contributed by atoms with E-state index in [1.54, 1.807) is 12.1 Å². The highest BCUT2D eigenvalue weighted by Gasteiger charge is 2.12. The average Bonchev–Trinajstić information content (AvgIpc) is 2.48. The summed E-state index contributed by atoms with van der Waals surface area (Å²) in [5, 5.41) is 10.8. The molecule has 1 aromatic heterocycles. The largest absolute Gasteiger partial charge is 0.435 e. The van der Waals surface area contributed by atoms with Gasteiger partial charge in [-0.1, -0.05) is 41.4 Å². The fourth-order valence-corrected chi connectivity index (χ4v) is 2.35. The minimum absolute atomic E-state index is 0.366. The minimum atomic E-state index is 0.366. The second kappa shape index (κ2) is 5.39. The standard InChI is InChI=1S/C15H11Cl2N3O/c1-8-9-4-2-3-5-10(9)15(20-19-8)21-14-7-12(17)11(16)6-13(14)18/h2-7H,18H2,1H3. The highest BCUT2D eigenvalue weighted by Crippen LogP contribution is 2.36. The third-order valence-electron chi connectivity index (χ3n) is 3.10. The number of anilines is 1. The molecule has 1 heterocycles. The predicted molar refractivity (Wildman–Crippen MR) is 85.2 cm³/mol. The number of nitrogens with two attached hydrogens (primary N) is 1. The minimum Gasteiger partial charge on any atom is -0.435 e. The lowest BCUT2D eigenvalue weighted by Crippen LogP contribution is -1.97. The van der Waals surface area contributed by atoms with Gasteiger partial charge in [-0.15, -0.1) is 5.10 Å². The monoisotopic (exact) mass is 319 g/mol. The smallest absolute Gasteiger partial charge is 0.246 e. The molecule has 0 aliphatic carbocycles. The average molecular weight is 320 g/mol. The van der Waals surface area contributed by atoms with Gasteiger partial charge >= 0.3 is 0 Å². The summed E-state index contributed by atoms with van der Waals surface area (Å²) in [6, 6.07) is 10.8. The van der Waals surface area contributed by atoms with Crippen LogP contribution in [0, 0.1) is 6.92 Å². The summed E-state index contributed by atoms with van der Waals surface area (Å²) in [7, 11) is 0. The molecule has 0 saturated carbocycles. The van der Waals surface area contributed by atoms with Crippen molar-refractivity contribution in [2.45, 2.75) is 6.92 Å². The Hall–Kier alpha value is -2.04. The molecule has 2 N–H and O–H groups in total. The fraction of sp³-hybridized carbons (Fsp3) is 0.0667. The maximum absolute atomic E-state index is 5.99. The third kappa shape index (κ3) is 2.60. The van der Waals surface area contributed by atoms with Crippen molar-refractivity contribution >= 4 is 39.7 Å². The molecule has 0 spiro atoms. The van der Waals surface area contributed by atoms with Crippen LogP contribution in [-0.2, 0) is 0 Å². The summed E-state index contributed by atoms with van der Waals surface area (Å²) in [5.74, 6) is 0.772. The first-order chi connectivity index (χ1) is 10.1. The summed E-state index contributed by atoms with van der Waals surface area (Å²) < 4.78 is 5.77. The normalized spacial score (nSPS) is 10.8. The number of fused-ring (bicyclic) bond motifs is 1. The van der Waals surface area contributed by atoms with Crippen molar-refractivity contribution in [3.8, 4) is 11.6 Å². The second-order valence-electron chi connectivity index (χ2n) is 4.54. The summed E-state index contributed by atoms with van der Waals surface area (Å²) in [5.41, 5.74) is 7.11. The van der Waals surface area contributed by atoms with Crippen LogP contribution in [0.15, 0.2) is 36.4 Å². The molecule has 106 valence electrons. The van der Waals surface area contributed by atoms with Crippen molar-refractivity contribution in [1.82, 2.24) is 10.2 Å². The second-order valence-corrected chi connectivity index (χ2v) is 5.36. The van der Waals surface area contributed by atoms with E-state index in [1.807, 2.05) is 31.2 Å². The summed E-state index contributed by atoms with van der Waals surface area (Å²) >= 11 is 11.9.